The van der Waals surface area contributed by atoms with Gasteiger partial charge in [0.05, 0.1) is 12.1 Å². The van der Waals surface area contributed by atoms with Crippen molar-refractivity contribution in [2.24, 2.45) is 0 Å². The molecule has 0 aliphatic carbocycles. The van der Waals surface area contributed by atoms with E-state index in [1.807, 2.05) is 0 Å². The van der Waals surface area contributed by atoms with E-state index in [-0.39, 0.29) is 0 Å². The minimum absolute atomic E-state index is 0.401. The van der Waals surface area contributed by atoms with Crippen molar-refractivity contribution in [3.05, 3.63) is 29.7 Å². The van der Waals surface area contributed by atoms with Crippen molar-refractivity contribution in [1.82, 2.24) is 19.9 Å². The maximum Gasteiger partial charge on any atom is 0.417 e. The van der Waals surface area contributed by atoms with Gasteiger partial charge in [0, 0.05) is 6.20 Å². The highest BCUT2D eigenvalue weighted by molar-refractivity contribution is 5.39. The molecule has 0 unspecified atom stereocenters. The molecule has 0 atom stereocenters. The molecule has 4 nitrogen and oxygen atoms in total. The zero-order valence-electron chi connectivity index (χ0n) is 8.41. The minimum Gasteiger partial charge on any atom is -0.313 e. The summed E-state index contributed by atoms with van der Waals surface area (Å²) < 4.78 is 38.3. The fraction of sp³-hybridized carbons (Fsp3) is 0.333. The van der Waals surface area contributed by atoms with Crippen LogP contribution in [0.3, 0.4) is 0 Å². The lowest BCUT2D eigenvalue weighted by Crippen LogP contribution is -2.07. The van der Waals surface area contributed by atoms with Crippen molar-refractivity contribution in [3.8, 4) is 0 Å². The largest absolute Gasteiger partial charge is 0.417 e. The Morgan fingerprint density at radius 2 is 2.12 bits per heavy atom. The second kappa shape index (κ2) is 3.75. The topological polar surface area (TPSA) is 42.2 Å². The van der Waals surface area contributed by atoms with Gasteiger partial charge in [-0.3, -0.25) is 0 Å². The molecule has 0 fully saturated rings. The van der Waals surface area contributed by atoms with Gasteiger partial charge in [-0.1, -0.05) is 0 Å². The standard InChI is InChI=1S/C9H9F3N4/c1-13-4-7-14-8-3-2-6(9(10,11)12)5-16(8)15-7/h2-3,5,13H,4H2,1H3. The molecule has 0 aliphatic heterocycles. The summed E-state index contributed by atoms with van der Waals surface area (Å²) >= 11 is 0. The molecule has 1 N–H and O–H groups in total. The maximum absolute atomic E-state index is 12.4. The van der Waals surface area contributed by atoms with Crippen LogP contribution in [-0.4, -0.2) is 21.6 Å². The molecule has 0 amide bonds. The highest BCUT2D eigenvalue weighted by Crippen LogP contribution is 2.28. The summed E-state index contributed by atoms with van der Waals surface area (Å²) in [6.07, 6.45) is -3.43. The van der Waals surface area contributed by atoms with E-state index in [0.29, 0.717) is 18.0 Å². The van der Waals surface area contributed by atoms with Crippen LogP contribution in [-0.2, 0) is 12.7 Å². The predicted molar refractivity (Wildman–Crippen MR) is 50.8 cm³/mol. The quantitative estimate of drug-likeness (QED) is 0.849. The number of fused-ring (bicyclic) bond motifs is 1. The molecule has 2 heterocycles. The number of alkyl halides is 3. The van der Waals surface area contributed by atoms with Crippen molar-refractivity contribution >= 4 is 5.65 Å². The molecule has 86 valence electrons. The second-order valence-corrected chi connectivity index (χ2v) is 3.28. The Balaban J connectivity index is 2.46. The summed E-state index contributed by atoms with van der Waals surface area (Å²) in [6, 6.07) is 2.29. The first-order valence-electron chi connectivity index (χ1n) is 4.58. The van der Waals surface area contributed by atoms with Crippen LogP contribution in [0, 0.1) is 0 Å². The average molecular weight is 230 g/mol. The van der Waals surface area contributed by atoms with E-state index < -0.39 is 11.7 Å². The van der Waals surface area contributed by atoms with Crippen molar-refractivity contribution in [2.45, 2.75) is 12.7 Å². The first-order chi connectivity index (χ1) is 7.50. The van der Waals surface area contributed by atoms with Crippen LogP contribution in [0.5, 0.6) is 0 Å². The molecule has 2 aromatic heterocycles. The highest BCUT2D eigenvalue weighted by atomic mass is 19.4. The van der Waals surface area contributed by atoms with E-state index in [1.165, 1.54) is 6.07 Å². The van der Waals surface area contributed by atoms with Crippen molar-refractivity contribution in [2.75, 3.05) is 7.05 Å². The van der Waals surface area contributed by atoms with E-state index >= 15 is 0 Å². The number of nitrogens with zero attached hydrogens (tertiary/aromatic N) is 3. The third-order valence-corrected chi connectivity index (χ3v) is 2.04. The Bertz CT molecular complexity index is 503. The minimum atomic E-state index is -4.36. The van der Waals surface area contributed by atoms with Crippen LogP contribution in [0.25, 0.3) is 5.65 Å². The Kier molecular flexibility index (Phi) is 2.55. The van der Waals surface area contributed by atoms with Gasteiger partial charge in [0.15, 0.2) is 11.5 Å². The molecule has 0 bridgehead atoms. The number of hydrogen-bond acceptors (Lipinski definition) is 3. The third kappa shape index (κ3) is 1.99. The predicted octanol–water partition coefficient (Wildman–Crippen LogP) is 1.47. The number of hydrogen-bond donors (Lipinski definition) is 1. The second-order valence-electron chi connectivity index (χ2n) is 3.28. The van der Waals surface area contributed by atoms with Crippen LogP contribution in [0.15, 0.2) is 18.3 Å². The van der Waals surface area contributed by atoms with E-state index in [4.69, 9.17) is 0 Å². The number of nitrogens with one attached hydrogen (secondary N) is 1. The molecule has 7 heteroatoms. The molecule has 0 saturated carbocycles. The normalized spacial score (nSPS) is 12.2. The zero-order valence-corrected chi connectivity index (χ0v) is 8.41. The van der Waals surface area contributed by atoms with Gasteiger partial charge < -0.3 is 5.32 Å². The van der Waals surface area contributed by atoms with Gasteiger partial charge in [-0.15, -0.1) is 5.10 Å². The van der Waals surface area contributed by atoms with Gasteiger partial charge in [0.2, 0.25) is 0 Å². The molecule has 2 aromatic rings. The van der Waals surface area contributed by atoms with Gasteiger partial charge in [-0.05, 0) is 19.2 Å². The SMILES string of the molecule is CNCc1nc2ccc(C(F)(F)F)cn2n1. The van der Waals surface area contributed by atoms with Gasteiger partial charge in [0.25, 0.3) is 0 Å². The summed E-state index contributed by atoms with van der Waals surface area (Å²) in [5.74, 6) is 0.460. The van der Waals surface area contributed by atoms with E-state index in [2.05, 4.69) is 15.4 Å². The average Bonchev–Trinajstić information content (AvgIpc) is 2.57. The number of pyridine rings is 1. The summed E-state index contributed by atoms with van der Waals surface area (Å²) in [5, 5.41) is 6.75. The Labute approximate surface area is 89.1 Å². The molecular weight excluding hydrogens is 221 g/mol. The maximum atomic E-state index is 12.4. The van der Waals surface area contributed by atoms with Crippen molar-refractivity contribution in [3.63, 3.8) is 0 Å². The Hall–Kier alpha value is -1.63. The summed E-state index contributed by atoms with van der Waals surface area (Å²) in [4.78, 5) is 4.05. The number of aromatic nitrogens is 3. The van der Waals surface area contributed by atoms with Crippen molar-refractivity contribution in [1.29, 1.82) is 0 Å². The Morgan fingerprint density at radius 3 is 2.75 bits per heavy atom. The monoisotopic (exact) mass is 230 g/mol. The highest BCUT2D eigenvalue weighted by Gasteiger charge is 2.31. The smallest absolute Gasteiger partial charge is 0.313 e. The van der Waals surface area contributed by atoms with Gasteiger partial charge >= 0.3 is 6.18 Å². The van der Waals surface area contributed by atoms with E-state index in [1.54, 1.807) is 7.05 Å². The molecule has 2 rings (SSSR count). The lowest BCUT2D eigenvalue weighted by molar-refractivity contribution is -0.137. The van der Waals surface area contributed by atoms with Gasteiger partial charge in [-0.2, -0.15) is 13.2 Å². The van der Waals surface area contributed by atoms with Crippen LogP contribution in [0.4, 0.5) is 13.2 Å². The third-order valence-electron chi connectivity index (χ3n) is 2.04. The Morgan fingerprint density at radius 1 is 1.38 bits per heavy atom. The lowest BCUT2D eigenvalue weighted by Gasteiger charge is -2.05. The fourth-order valence-electron chi connectivity index (χ4n) is 1.33. The van der Waals surface area contributed by atoms with Gasteiger partial charge in [-0.25, -0.2) is 9.50 Å². The number of rotatable bonds is 2. The van der Waals surface area contributed by atoms with E-state index in [9.17, 15) is 13.2 Å². The summed E-state index contributed by atoms with van der Waals surface area (Å²) in [6.45, 7) is 0.420. The number of halogens is 3. The summed E-state index contributed by atoms with van der Waals surface area (Å²) in [5.41, 5.74) is -0.334. The molecular formula is C9H9F3N4. The molecule has 0 saturated heterocycles. The summed E-state index contributed by atoms with van der Waals surface area (Å²) in [7, 11) is 1.72. The van der Waals surface area contributed by atoms with E-state index in [0.717, 1.165) is 16.8 Å². The molecule has 16 heavy (non-hydrogen) atoms. The fourth-order valence-corrected chi connectivity index (χ4v) is 1.33. The van der Waals surface area contributed by atoms with Crippen LogP contribution in [0.1, 0.15) is 11.4 Å². The van der Waals surface area contributed by atoms with Crippen molar-refractivity contribution < 1.29 is 13.2 Å². The molecule has 0 radical (unpaired) electrons. The molecule has 0 spiro atoms. The van der Waals surface area contributed by atoms with Crippen LogP contribution < -0.4 is 5.32 Å². The first-order valence-corrected chi connectivity index (χ1v) is 4.58. The van der Waals surface area contributed by atoms with Crippen LogP contribution in [0.2, 0.25) is 0 Å². The molecule has 0 aromatic carbocycles. The lowest BCUT2D eigenvalue weighted by atomic mass is 10.3. The van der Waals surface area contributed by atoms with Crippen LogP contribution >= 0.6 is 0 Å². The molecule has 0 aliphatic rings. The first kappa shape index (κ1) is 10.9. The van der Waals surface area contributed by atoms with Gasteiger partial charge in [0.1, 0.15) is 0 Å². The zero-order chi connectivity index (χ0) is 11.8.